The van der Waals surface area contributed by atoms with Crippen molar-refractivity contribution in [2.45, 2.75) is 60.8 Å². The number of rotatable bonds is 0. The van der Waals surface area contributed by atoms with Crippen molar-refractivity contribution < 1.29 is 4.79 Å². The van der Waals surface area contributed by atoms with E-state index in [1.54, 1.807) is 18.3 Å². The van der Waals surface area contributed by atoms with E-state index in [1.807, 2.05) is 26.0 Å². The number of nitrogens with one attached hydrogen (secondary N) is 1. The molecule has 1 N–H and O–H groups in total. The zero-order valence-electron chi connectivity index (χ0n) is 14.9. The van der Waals surface area contributed by atoms with E-state index in [0.717, 1.165) is 5.56 Å². The summed E-state index contributed by atoms with van der Waals surface area (Å²) in [5.74, 6) is 0.204. The van der Waals surface area contributed by atoms with Gasteiger partial charge in [-0.05, 0) is 25.5 Å². The summed E-state index contributed by atoms with van der Waals surface area (Å²) < 4.78 is 0. The molecule has 0 unspecified atom stereocenters. The Kier molecular flexibility index (Phi) is 15.8. The van der Waals surface area contributed by atoms with Crippen molar-refractivity contribution in [3.05, 3.63) is 58.0 Å². The van der Waals surface area contributed by atoms with Crippen LogP contribution in [0.5, 0.6) is 0 Å². The molecule has 1 aromatic heterocycles. The van der Waals surface area contributed by atoms with Crippen LogP contribution in [-0.4, -0.2) is 10.8 Å². The highest BCUT2D eigenvalue weighted by Gasteiger charge is 1.97. The van der Waals surface area contributed by atoms with Crippen LogP contribution in [0.15, 0.2) is 46.9 Å². The second-order valence-corrected chi connectivity index (χ2v) is 5.10. The van der Waals surface area contributed by atoms with Crippen LogP contribution in [0.25, 0.3) is 0 Å². The van der Waals surface area contributed by atoms with Crippen molar-refractivity contribution in [2.24, 2.45) is 0 Å². The number of aryl methyl sites for hydroxylation is 1. The van der Waals surface area contributed by atoms with Gasteiger partial charge in [-0.2, -0.15) is 0 Å². The molecule has 22 heavy (non-hydrogen) atoms. The Labute approximate surface area is 135 Å². The summed E-state index contributed by atoms with van der Waals surface area (Å²) in [5.41, 5.74) is 2.21. The molecule has 1 heterocycles. The Bertz CT molecular complexity index is 485. The van der Waals surface area contributed by atoms with Gasteiger partial charge in [-0.1, -0.05) is 64.3 Å². The van der Waals surface area contributed by atoms with Crippen molar-refractivity contribution in [2.75, 3.05) is 0 Å². The number of hydrogen-bond donors (Lipinski definition) is 1. The molecule has 0 fully saturated rings. The van der Waals surface area contributed by atoms with Crippen LogP contribution in [-0.2, 0) is 4.79 Å². The van der Waals surface area contributed by atoms with Crippen LogP contribution >= 0.6 is 0 Å². The fourth-order valence-electron chi connectivity index (χ4n) is 1.11. The second-order valence-electron chi connectivity index (χ2n) is 5.10. The second kappa shape index (κ2) is 15.5. The van der Waals surface area contributed by atoms with Crippen molar-refractivity contribution in [3.63, 3.8) is 0 Å². The molecule has 0 amide bonds. The lowest BCUT2D eigenvalue weighted by atomic mass is 10.1. The van der Waals surface area contributed by atoms with E-state index in [4.69, 9.17) is 0 Å². The fraction of sp³-hybridized carbons (Fsp3) is 0.474. The maximum absolute atomic E-state index is 10.5. The Balaban J connectivity index is 0. The first-order chi connectivity index (χ1) is 10.4. The molecular formula is C19H31NO2. The molecule has 0 aliphatic heterocycles. The molecule has 3 nitrogen and oxygen atoms in total. The number of carbonyl (C=O) groups is 1. The highest BCUT2D eigenvalue weighted by atomic mass is 16.1. The quantitative estimate of drug-likeness (QED) is 0.735. The van der Waals surface area contributed by atoms with Gasteiger partial charge >= 0.3 is 0 Å². The molecular weight excluding hydrogens is 274 g/mol. The summed E-state index contributed by atoms with van der Waals surface area (Å²) in [4.78, 5) is 23.4. The predicted octanol–water partition coefficient (Wildman–Crippen LogP) is 4.98. The number of aromatic amines is 1. The molecule has 0 aromatic carbocycles. The van der Waals surface area contributed by atoms with Gasteiger partial charge in [0.2, 0.25) is 5.56 Å². The normalized spacial score (nSPS) is 11.7. The molecule has 124 valence electrons. The van der Waals surface area contributed by atoms with Gasteiger partial charge in [-0.15, -0.1) is 0 Å². The van der Waals surface area contributed by atoms with E-state index in [-0.39, 0.29) is 11.3 Å². The summed E-state index contributed by atoms with van der Waals surface area (Å²) in [6.45, 7) is 12.4. The third-order valence-corrected chi connectivity index (χ3v) is 2.10. The molecule has 2 rings (SSSR count). The van der Waals surface area contributed by atoms with Crippen LogP contribution in [0.2, 0.25) is 0 Å². The summed E-state index contributed by atoms with van der Waals surface area (Å²) in [6, 6.07) is 3.29. The van der Waals surface area contributed by atoms with Crippen molar-refractivity contribution in [1.29, 1.82) is 0 Å². The van der Waals surface area contributed by atoms with E-state index in [2.05, 4.69) is 32.7 Å². The summed E-state index contributed by atoms with van der Waals surface area (Å²) in [5, 5.41) is 0. The summed E-state index contributed by atoms with van der Waals surface area (Å²) in [7, 11) is 0. The zero-order chi connectivity index (χ0) is 17.4. The lowest BCUT2D eigenvalue weighted by Gasteiger charge is -1.96. The van der Waals surface area contributed by atoms with E-state index in [1.165, 1.54) is 24.5 Å². The number of carbonyl (C=O) groups excluding carboxylic acids is 1. The highest BCUT2D eigenvalue weighted by Crippen LogP contribution is 2.04. The minimum atomic E-state index is -0.0457. The maximum Gasteiger partial charge on any atom is 0.247 e. The van der Waals surface area contributed by atoms with Crippen LogP contribution in [0.4, 0.5) is 0 Å². The van der Waals surface area contributed by atoms with Crippen LogP contribution < -0.4 is 5.56 Å². The average Bonchev–Trinajstić information content (AvgIpc) is 2.48. The first kappa shape index (κ1) is 22.4. The van der Waals surface area contributed by atoms with Crippen LogP contribution in [0, 0.1) is 6.92 Å². The first-order valence-corrected chi connectivity index (χ1v) is 7.94. The highest BCUT2D eigenvalue weighted by molar-refractivity contribution is 5.92. The zero-order valence-corrected chi connectivity index (χ0v) is 14.9. The Morgan fingerprint density at radius 3 is 1.77 bits per heavy atom. The van der Waals surface area contributed by atoms with Crippen LogP contribution in [0.1, 0.15) is 59.4 Å². The van der Waals surface area contributed by atoms with Gasteiger partial charge < -0.3 is 4.98 Å². The Morgan fingerprint density at radius 1 is 0.955 bits per heavy atom. The van der Waals surface area contributed by atoms with Gasteiger partial charge in [0.1, 0.15) is 0 Å². The minimum Gasteiger partial charge on any atom is -0.329 e. The number of allylic oxidation sites excluding steroid dienone is 4. The van der Waals surface area contributed by atoms with Crippen LogP contribution in [0.3, 0.4) is 0 Å². The number of hydrogen-bond acceptors (Lipinski definition) is 2. The number of aromatic nitrogens is 1. The topological polar surface area (TPSA) is 49.9 Å². The predicted molar refractivity (Wildman–Crippen MR) is 96.3 cm³/mol. The third-order valence-electron chi connectivity index (χ3n) is 2.10. The Hall–Kier alpha value is -1.90. The standard InChI is InChI=1S/C7H8O.C6H7NO.2C3H8/c1-6-2-4-7(8)5-3-6;1-5-2-3-6(8)7-4-5;2*1-3-2/h2-4H,5H2,1H3;2-4H,1H3,(H,7,8);2*3H2,1-2H3. The molecule has 1 aliphatic carbocycles. The van der Waals surface area contributed by atoms with Crippen molar-refractivity contribution in [3.8, 4) is 0 Å². The van der Waals surface area contributed by atoms with Gasteiger partial charge in [0, 0.05) is 18.7 Å². The maximum atomic E-state index is 10.5. The molecule has 0 bridgehead atoms. The van der Waals surface area contributed by atoms with Crippen molar-refractivity contribution >= 4 is 5.78 Å². The molecule has 0 saturated carbocycles. The van der Waals surface area contributed by atoms with Gasteiger partial charge in [-0.25, -0.2) is 0 Å². The van der Waals surface area contributed by atoms with Gasteiger partial charge in [-0.3, -0.25) is 9.59 Å². The smallest absolute Gasteiger partial charge is 0.247 e. The summed E-state index contributed by atoms with van der Waals surface area (Å²) in [6.07, 6.45) is 10.2. The van der Waals surface area contributed by atoms with E-state index in [0.29, 0.717) is 6.42 Å². The lowest BCUT2D eigenvalue weighted by Crippen LogP contribution is -2.00. The minimum absolute atomic E-state index is 0.0457. The summed E-state index contributed by atoms with van der Waals surface area (Å²) >= 11 is 0. The van der Waals surface area contributed by atoms with Gasteiger partial charge in [0.15, 0.2) is 5.78 Å². The lowest BCUT2D eigenvalue weighted by molar-refractivity contribution is -0.113. The molecule has 1 aromatic rings. The van der Waals surface area contributed by atoms with E-state index >= 15 is 0 Å². The monoisotopic (exact) mass is 305 g/mol. The number of ketones is 1. The van der Waals surface area contributed by atoms with Gasteiger partial charge in [0.25, 0.3) is 0 Å². The Morgan fingerprint density at radius 2 is 1.50 bits per heavy atom. The van der Waals surface area contributed by atoms with Crippen molar-refractivity contribution in [1.82, 2.24) is 4.98 Å². The number of pyridine rings is 1. The number of H-pyrrole nitrogens is 1. The fourth-order valence-corrected chi connectivity index (χ4v) is 1.11. The molecule has 1 aliphatic rings. The first-order valence-electron chi connectivity index (χ1n) is 7.94. The molecule has 3 heteroatoms. The van der Waals surface area contributed by atoms with Gasteiger partial charge in [0.05, 0.1) is 0 Å². The molecule has 0 radical (unpaired) electrons. The molecule has 0 saturated heterocycles. The average molecular weight is 305 g/mol. The molecule has 0 atom stereocenters. The SMILES string of the molecule is CC1=CCC(=O)C=C1.CCC.CCC.Cc1ccc(=O)[nH]c1. The largest absolute Gasteiger partial charge is 0.329 e. The molecule has 0 spiro atoms. The third kappa shape index (κ3) is 16.2. The van der Waals surface area contributed by atoms with E-state index in [9.17, 15) is 9.59 Å². The van der Waals surface area contributed by atoms with E-state index < -0.39 is 0 Å².